The number of nitrogens with zero attached hydrogens (tertiary/aromatic N) is 1. The number of hydrogen-bond acceptors (Lipinski definition) is 5. The van der Waals surface area contributed by atoms with Crippen LogP contribution in [-0.4, -0.2) is 35.7 Å². The second-order valence-electron chi connectivity index (χ2n) is 6.26. The SMILES string of the molecule is C/C=C/CO.C/C=C\Cc1cc(-c2ccc(OCCC(C)C)cc2)on1.CC.CO. The molecular formula is C25H41NO4. The van der Waals surface area contributed by atoms with Crippen LogP contribution in [0.4, 0.5) is 0 Å². The molecule has 0 saturated heterocycles. The Bertz CT molecular complexity index is 658. The van der Waals surface area contributed by atoms with E-state index in [4.69, 9.17) is 19.5 Å². The molecule has 0 saturated carbocycles. The van der Waals surface area contributed by atoms with Crippen molar-refractivity contribution in [3.63, 3.8) is 0 Å². The lowest BCUT2D eigenvalue weighted by molar-refractivity contribution is 0.289. The molecular weight excluding hydrogens is 378 g/mol. The Balaban J connectivity index is 0. The molecule has 30 heavy (non-hydrogen) atoms. The third-order valence-corrected chi connectivity index (χ3v) is 3.57. The van der Waals surface area contributed by atoms with E-state index in [1.807, 2.05) is 64.1 Å². The van der Waals surface area contributed by atoms with Crippen LogP contribution in [-0.2, 0) is 6.42 Å². The summed E-state index contributed by atoms with van der Waals surface area (Å²) in [4.78, 5) is 0. The highest BCUT2D eigenvalue weighted by Gasteiger charge is 2.06. The van der Waals surface area contributed by atoms with Gasteiger partial charge in [0.25, 0.3) is 0 Å². The second kappa shape index (κ2) is 21.3. The first-order valence-corrected chi connectivity index (χ1v) is 10.6. The molecule has 170 valence electrons. The molecule has 0 bridgehead atoms. The van der Waals surface area contributed by atoms with Crippen molar-refractivity contribution in [2.75, 3.05) is 20.3 Å². The normalized spacial score (nSPS) is 10.1. The van der Waals surface area contributed by atoms with Gasteiger partial charge >= 0.3 is 0 Å². The number of ether oxygens (including phenoxy) is 1. The van der Waals surface area contributed by atoms with E-state index in [0.29, 0.717) is 5.92 Å². The summed E-state index contributed by atoms with van der Waals surface area (Å²) in [5.41, 5.74) is 1.96. The van der Waals surface area contributed by atoms with Gasteiger partial charge < -0.3 is 19.5 Å². The summed E-state index contributed by atoms with van der Waals surface area (Å²) in [5, 5.41) is 19.0. The standard InChI is InChI=1S/C18H23NO2.C4H8O.C2H6.CH4O/c1-4-5-6-16-13-18(21-19-16)15-7-9-17(10-8-15)20-12-11-14(2)3;1-2-3-4-5;2*1-2/h4-5,7-10,13-14H,6,11-12H2,1-3H3;2-3,5H,4H2,1H3;1-2H3;2H,1H3/b5-4-;3-2+;;. The summed E-state index contributed by atoms with van der Waals surface area (Å²) < 4.78 is 11.1. The molecule has 5 heteroatoms. The predicted molar refractivity (Wildman–Crippen MR) is 127 cm³/mol. The van der Waals surface area contributed by atoms with Crippen LogP contribution in [0.15, 0.2) is 59.2 Å². The highest BCUT2D eigenvalue weighted by molar-refractivity contribution is 5.58. The molecule has 0 amide bonds. The maximum Gasteiger partial charge on any atom is 0.167 e. The Morgan fingerprint density at radius 2 is 1.63 bits per heavy atom. The monoisotopic (exact) mass is 419 g/mol. The van der Waals surface area contributed by atoms with Gasteiger partial charge in [-0.2, -0.15) is 0 Å². The number of aromatic nitrogens is 1. The Labute approximate surface area is 183 Å². The smallest absolute Gasteiger partial charge is 0.167 e. The van der Waals surface area contributed by atoms with Gasteiger partial charge in [-0.05, 0) is 50.5 Å². The average molecular weight is 420 g/mol. The van der Waals surface area contributed by atoms with Gasteiger partial charge in [0.1, 0.15) is 5.75 Å². The fraction of sp³-hybridized carbons (Fsp3) is 0.480. The van der Waals surface area contributed by atoms with Gasteiger partial charge in [0.2, 0.25) is 0 Å². The van der Waals surface area contributed by atoms with Crippen LogP contribution < -0.4 is 4.74 Å². The minimum absolute atomic E-state index is 0.163. The molecule has 1 aromatic carbocycles. The van der Waals surface area contributed by atoms with Crippen molar-refractivity contribution in [3.8, 4) is 17.1 Å². The lowest BCUT2D eigenvalue weighted by Gasteiger charge is -2.08. The van der Waals surface area contributed by atoms with E-state index in [9.17, 15) is 0 Å². The van der Waals surface area contributed by atoms with E-state index in [-0.39, 0.29) is 6.61 Å². The predicted octanol–water partition coefficient (Wildman–Crippen LogP) is 6.07. The summed E-state index contributed by atoms with van der Waals surface area (Å²) in [6.07, 6.45) is 9.43. The molecule has 2 rings (SSSR count). The van der Waals surface area contributed by atoms with Gasteiger partial charge in [-0.25, -0.2) is 0 Å². The molecule has 2 N–H and O–H groups in total. The molecule has 0 aliphatic carbocycles. The third-order valence-electron chi connectivity index (χ3n) is 3.57. The maximum absolute atomic E-state index is 7.98. The van der Waals surface area contributed by atoms with Gasteiger partial charge in [0.15, 0.2) is 5.76 Å². The van der Waals surface area contributed by atoms with Crippen LogP contribution in [0.3, 0.4) is 0 Å². The first-order valence-electron chi connectivity index (χ1n) is 10.6. The quantitative estimate of drug-likeness (QED) is 0.508. The topological polar surface area (TPSA) is 75.7 Å². The number of hydrogen-bond donors (Lipinski definition) is 2. The van der Waals surface area contributed by atoms with Crippen molar-refractivity contribution in [2.45, 2.75) is 54.4 Å². The molecule has 0 spiro atoms. The summed E-state index contributed by atoms with van der Waals surface area (Å²) >= 11 is 0. The Hall–Kier alpha value is -2.37. The van der Waals surface area contributed by atoms with Crippen LogP contribution in [0.25, 0.3) is 11.3 Å². The van der Waals surface area contributed by atoms with Gasteiger partial charge in [-0.3, -0.25) is 0 Å². The molecule has 0 aliphatic rings. The number of rotatable bonds is 8. The zero-order chi connectivity index (χ0) is 23.2. The minimum Gasteiger partial charge on any atom is -0.494 e. The minimum atomic E-state index is 0.163. The van der Waals surface area contributed by atoms with Crippen molar-refractivity contribution in [1.82, 2.24) is 5.16 Å². The molecule has 0 atom stereocenters. The molecule has 0 unspecified atom stereocenters. The van der Waals surface area contributed by atoms with E-state index in [1.165, 1.54) is 0 Å². The second-order valence-corrected chi connectivity index (χ2v) is 6.26. The van der Waals surface area contributed by atoms with Crippen LogP contribution >= 0.6 is 0 Å². The van der Waals surface area contributed by atoms with E-state index >= 15 is 0 Å². The van der Waals surface area contributed by atoms with E-state index in [2.05, 4.69) is 25.1 Å². The number of aliphatic hydroxyl groups excluding tert-OH is 2. The highest BCUT2D eigenvalue weighted by atomic mass is 16.5. The fourth-order valence-corrected chi connectivity index (χ4v) is 2.02. The average Bonchev–Trinajstić information content (AvgIpc) is 3.25. The van der Waals surface area contributed by atoms with Crippen molar-refractivity contribution < 1.29 is 19.5 Å². The van der Waals surface area contributed by atoms with Crippen LogP contribution in [0.2, 0.25) is 0 Å². The summed E-state index contributed by atoms with van der Waals surface area (Å²) in [5.74, 6) is 2.35. The Morgan fingerprint density at radius 1 is 1.03 bits per heavy atom. The fourth-order valence-electron chi connectivity index (χ4n) is 2.02. The van der Waals surface area contributed by atoms with Crippen molar-refractivity contribution in [1.29, 1.82) is 0 Å². The number of benzene rings is 1. The lowest BCUT2D eigenvalue weighted by atomic mass is 10.1. The number of aliphatic hydroxyl groups is 2. The number of allylic oxidation sites excluding steroid dienone is 3. The summed E-state index contributed by atoms with van der Waals surface area (Å²) in [6.45, 7) is 13.2. The summed E-state index contributed by atoms with van der Waals surface area (Å²) in [6, 6.07) is 9.94. The van der Waals surface area contributed by atoms with Gasteiger partial charge in [-0.1, -0.05) is 57.2 Å². The van der Waals surface area contributed by atoms with Crippen molar-refractivity contribution in [3.05, 3.63) is 60.3 Å². The first kappa shape index (κ1) is 29.8. The van der Waals surface area contributed by atoms with Crippen LogP contribution in [0.5, 0.6) is 5.75 Å². The van der Waals surface area contributed by atoms with Gasteiger partial charge in [0.05, 0.1) is 18.9 Å². The Kier molecular flexibility index (Phi) is 21.2. The van der Waals surface area contributed by atoms with Crippen LogP contribution in [0, 0.1) is 5.92 Å². The maximum atomic E-state index is 7.98. The zero-order valence-electron chi connectivity index (χ0n) is 19.8. The zero-order valence-corrected chi connectivity index (χ0v) is 19.8. The summed E-state index contributed by atoms with van der Waals surface area (Å²) in [7, 11) is 1.00. The van der Waals surface area contributed by atoms with E-state index < -0.39 is 0 Å². The molecule has 1 heterocycles. The molecule has 2 aromatic rings. The molecule has 0 aliphatic heterocycles. The van der Waals surface area contributed by atoms with E-state index in [0.717, 1.165) is 49.3 Å². The first-order chi connectivity index (χ1) is 14.6. The Morgan fingerprint density at radius 3 is 2.10 bits per heavy atom. The van der Waals surface area contributed by atoms with Gasteiger partial charge in [-0.15, -0.1) is 0 Å². The van der Waals surface area contributed by atoms with Crippen LogP contribution in [0.1, 0.15) is 53.7 Å². The van der Waals surface area contributed by atoms with Crippen molar-refractivity contribution in [2.24, 2.45) is 5.92 Å². The largest absolute Gasteiger partial charge is 0.494 e. The molecule has 0 radical (unpaired) electrons. The molecule has 0 fully saturated rings. The van der Waals surface area contributed by atoms with Crippen molar-refractivity contribution >= 4 is 0 Å². The van der Waals surface area contributed by atoms with Gasteiger partial charge in [0, 0.05) is 25.2 Å². The molecule has 1 aromatic heterocycles. The third kappa shape index (κ3) is 14.6. The van der Waals surface area contributed by atoms with E-state index in [1.54, 1.807) is 12.2 Å². The highest BCUT2D eigenvalue weighted by Crippen LogP contribution is 2.23. The molecule has 5 nitrogen and oxygen atoms in total. The lowest BCUT2D eigenvalue weighted by Crippen LogP contribution is -2.01.